The van der Waals surface area contributed by atoms with E-state index in [1.54, 1.807) is 6.08 Å². The Kier molecular flexibility index (Phi) is 44.0. The summed E-state index contributed by atoms with van der Waals surface area (Å²) in [5.74, 6) is -1.18. The van der Waals surface area contributed by atoms with Gasteiger partial charge in [-0.3, -0.25) is 9.59 Å². The van der Waals surface area contributed by atoms with Crippen LogP contribution < -0.4 is 5.32 Å². The van der Waals surface area contributed by atoms with Crippen molar-refractivity contribution in [1.82, 2.24) is 5.32 Å². The second-order valence-electron chi connectivity index (χ2n) is 20.4. The molecule has 6 N–H and O–H groups in total. The number of rotatable bonds is 49. The second-order valence-corrected chi connectivity index (χ2v) is 20.4. The molecule has 8 atom stereocenters. The minimum atomic E-state index is -1.60. The number of aliphatic hydroxyl groups excluding tert-OH is 5. The highest BCUT2D eigenvalue weighted by Gasteiger charge is 2.47. The first kappa shape index (κ1) is 64.4. The van der Waals surface area contributed by atoms with Crippen molar-refractivity contribution < 1.29 is 49.3 Å². The van der Waals surface area contributed by atoms with Crippen LogP contribution >= 0.6 is 0 Å². The van der Waals surface area contributed by atoms with Gasteiger partial charge in [-0.2, -0.15) is 0 Å². The van der Waals surface area contributed by atoms with E-state index in [1.807, 2.05) is 6.08 Å². The van der Waals surface area contributed by atoms with Crippen LogP contribution in [0.1, 0.15) is 278 Å². The Morgan fingerprint density at radius 1 is 0.559 bits per heavy atom. The van der Waals surface area contributed by atoms with Gasteiger partial charge in [-0.05, 0) is 25.7 Å². The zero-order valence-corrected chi connectivity index (χ0v) is 44.2. The van der Waals surface area contributed by atoms with Crippen LogP contribution in [0.25, 0.3) is 0 Å². The minimum absolute atomic E-state index is 0.131. The first-order valence-corrected chi connectivity index (χ1v) is 29.0. The molecule has 1 fully saturated rings. The fourth-order valence-electron chi connectivity index (χ4n) is 9.30. The maximum atomic E-state index is 13.4. The summed E-state index contributed by atoms with van der Waals surface area (Å²) in [4.78, 5) is 26.4. The Bertz CT molecular complexity index is 1160. The van der Waals surface area contributed by atoms with Crippen molar-refractivity contribution in [3.05, 3.63) is 12.2 Å². The summed E-state index contributed by atoms with van der Waals surface area (Å²) >= 11 is 0. The van der Waals surface area contributed by atoms with Gasteiger partial charge in [0.2, 0.25) is 5.91 Å². The normalized spacial score (nSPS) is 19.9. The highest BCUT2D eigenvalue weighted by Crippen LogP contribution is 2.26. The predicted octanol–water partition coefficient (Wildman–Crippen LogP) is 12.8. The lowest BCUT2D eigenvalue weighted by atomic mass is 9.99. The maximum Gasteiger partial charge on any atom is 0.306 e. The first-order chi connectivity index (χ1) is 33.2. The minimum Gasteiger partial charge on any atom is -0.454 e. The first-order valence-electron chi connectivity index (χ1n) is 29.0. The van der Waals surface area contributed by atoms with E-state index in [4.69, 9.17) is 14.2 Å². The summed E-state index contributed by atoms with van der Waals surface area (Å²) in [7, 11) is 0. The number of ether oxygens (including phenoxy) is 3. The Hall–Kier alpha value is -1.60. The number of esters is 1. The van der Waals surface area contributed by atoms with Gasteiger partial charge in [0, 0.05) is 6.42 Å². The molecule has 0 aliphatic carbocycles. The second kappa shape index (κ2) is 46.5. The summed E-state index contributed by atoms with van der Waals surface area (Å²) in [6.07, 6.45) is 39.7. The summed E-state index contributed by atoms with van der Waals surface area (Å²) in [5, 5.41) is 56.8. The SMILES string of the molecule is CCCCCCCCCCCC/C=C/C(O)C(COC1OC(CO)C(O)C(O)C1OC(=O)CCCCCCCCCCCCCCCC)NC(=O)C(O)CCCCCCCCCCCCCCC. The van der Waals surface area contributed by atoms with E-state index in [0.29, 0.717) is 19.3 Å². The van der Waals surface area contributed by atoms with Crippen LogP contribution in [0.15, 0.2) is 12.2 Å². The van der Waals surface area contributed by atoms with Crippen molar-refractivity contribution in [3.8, 4) is 0 Å². The third kappa shape index (κ3) is 34.7. The van der Waals surface area contributed by atoms with E-state index >= 15 is 0 Å². The fourth-order valence-corrected chi connectivity index (χ4v) is 9.30. The van der Waals surface area contributed by atoms with Gasteiger partial charge in [-0.15, -0.1) is 0 Å². The number of hydrogen-bond acceptors (Lipinski definition) is 10. The lowest BCUT2D eigenvalue weighted by Crippen LogP contribution is -2.61. The van der Waals surface area contributed by atoms with Gasteiger partial charge in [0.15, 0.2) is 12.4 Å². The number of allylic oxidation sites excluding steroid dienone is 1. The Balaban J connectivity index is 2.72. The lowest BCUT2D eigenvalue weighted by Gasteiger charge is -2.41. The molecule has 1 aliphatic heterocycles. The van der Waals surface area contributed by atoms with E-state index < -0.39 is 67.4 Å². The van der Waals surface area contributed by atoms with Crippen LogP contribution in [0.4, 0.5) is 0 Å². The topological polar surface area (TPSA) is 175 Å². The molecule has 1 amide bonds. The predicted molar refractivity (Wildman–Crippen MR) is 278 cm³/mol. The maximum absolute atomic E-state index is 13.4. The third-order valence-electron chi connectivity index (χ3n) is 13.9. The van der Waals surface area contributed by atoms with Gasteiger partial charge in [-0.25, -0.2) is 0 Å². The highest BCUT2D eigenvalue weighted by atomic mass is 16.7. The molecule has 11 heteroatoms. The fraction of sp³-hybridized carbons (Fsp3) is 0.930. The number of carbonyl (C=O) groups is 2. The third-order valence-corrected chi connectivity index (χ3v) is 13.9. The molecule has 0 spiro atoms. The largest absolute Gasteiger partial charge is 0.454 e. The molecule has 402 valence electrons. The molecule has 0 radical (unpaired) electrons. The van der Waals surface area contributed by atoms with Crippen molar-refractivity contribution in [3.63, 3.8) is 0 Å². The van der Waals surface area contributed by atoms with Gasteiger partial charge < -0.3 is 45.1 Å². The van der Waals surface area contributed by atoms with Crippen LogP contribution in [0, 0.1) is 0 Å². The molecule has 0 saturated carbocycles. The van der Waals surface area contributed by atoms with Crippen LogP contribution in [0.2, 0.25) is 0 Å². The number of hydrogen-bond donors (Lipinski definition) is 6. The van der Waals surface area contributed by atoms with Crippen molar-refractivity contribution >= 4 is 11.9 Å². The van der Waals surface area contributed by atoms with E-state index in [1.165, 1.54) is 173 Å². The Labute approximate surface area is 417 Å². The molecule has 0 aromatic heterocycles. The van der Waals surface area contributed by atoms with Crippen LogP contribution in [0.3, 0.4) is 0 Å². The van der Waals surface area contributed by atoms with Gasteiger partial charge >= 0.3 is 5.97 Å². The summed E-state index contributed by atoms with van der Waals surface area (Å²) in [6, 6.07) is -1.01. The molecule has 0 bridgehead atoms. The number of aliphatic hydroxyl groups is 5. The number of unbranched alkanes of at least 4 members (excludes halogenated alkanes) is 35. The van der Waals surface area contributed by atoms with Crippen molar-refractivity contribution in [2.24, 2.45) is 0 Å². The van der Waals surface area contributed by atoms with Crippen LogP contribution in [-0.2, 0) is 23.8 Å². The molecular weight excluding hydrogens is 859 g/mol. The summed E-state index contributed by atoms with van der Waals surface area (Å²) in [5.41, 5.74) is 0. The molecule has 1 aliphatic rings. The molecule has 1 rings (SSSR count). The average Bonchev–Trinajstić information content (AvgIpc) is 3.33. The van der Waals surface area contributed by atoms with Crippen molar-refractivity contribution in [2.45, 2.75) is 327 Å². The average molecular weight is 968 g/mol. The summed E-state index contributed by atoms with van der Waals surface area (Å²) in [6.45, 7) is 5.79. The van der Waals surface area contributed by atoms with Gasteiger partial charge in [0.25, 0.3) is 0 Å². The highest BCUT2D eigenvalue weighted by molar-refractivity contribution is 5.80. The van der Waals surface area contributed by atoms with Crippen molar-refractivity contribution in [2.75, 3.05) is 13.2 Å². The zero-order valence-electron chi connectivity index (χ0n) is 44.2. The van der Waals surface area contributed by atoms with Gasteiger partial charge in [-0.1, -0.05) is 258 Å². The van der Waals surface area contributed by atoms with E-state index in [9.17, 15) is 35.1 Å². The Morgan fingerprint density at radius 2 is 0.956 bits per heavy atom. The molecule has 0 aromatic rings. The smallest absolute Gasteiger partial charge is 0.306 e. The lowest BCUT2D eigenvalue weighted by molar-refractivity contribution is -0.305. The summed E-state index contributed by atoms with van der Waals surface area (Å²) < 4.78 is 17.6. The van der Waals surface area contributed by atoms with Gasteiger partial charge in [0.1, 0.15) is 24.4 Å². The molecular formula is C57H109NO10. The van der Waals surface area contributed by atoms with Crippen molar-refractivity contribution in [1.29, 1.82) is 0 Å². The molecule has 8 unspecified atom stereocenters. The van der Waals surface area contributed by atoms with E-state index in [0.717, 1.165) is 57.8 Å². The quantitative estimate of drug-likeness (QED) is 0.0196. The van der Waals surface area contributed by atoms with Crippen LogP contribution in [-0.4, -0.2) is 99.6 Å². The zero-order chi connectivity index (χ0) is 49.7. The van der Waals surface area contributed by atoms with E-state index in [-0.39, 0.29) is 13.0 Å². The molecule has 1 saturated heterocycles. The monoisotopic (exact) mass is 968 g/mol. The number of carbonyl (C=O) groups excluding carboxylic acids is 2. The molecule has 0 aromatic carbocycles. The molecule has 68 heavy (non-hydrogen) atoms. The van der Waals surface area contributed by atoms with E-state index in [2.05, 4.69) is 26.1 Å². The standard InChI is InChI=1S/C57H109NO10/c1-4-7-10-13-16-19-22-25-27-30-33-36-39-42-45-52(62)68-55-54(64)53(63)51(46-59)67-57(55)66-47-48(49(60)43-40-37-34-31-28-24-21-18-15-12-9-6-3)58-56(65)50(61)44-41-38-35-32-29-26-23-20-17-14-11-8-5-2/h40,43,48-51,53-55,57,59-61,63-64H,4-39,41-42,44-47H2,1-3H3,(H,58,65)/b43-40+. The number of nitrogens with one attached hydrogen (secondary N) is 1. The Morgan fingerprint density at radius 3 is 1.38 bits per heavy atom. The number of amides is 1. The molecule has 11 nitrogen and oxygen atoms in total. The molecule has 1 heterocycles. The van der Waals surface area contributed by atoms with Crippen LogP contribution in [0.5, 0.6) is 0 Å². The van der Waals surface area contributed by atoms with Gasteiger partial charge in [0.05, 0.1) is 25.4 Å².